The maximum absolute atomic E-state index is 9.16. The molecule has 0 aliphatic carbocycles. The van der Waals surface area contributed by atoms with Crippen LogP contribution < -0.4 is 5.73 Å². The maximum atomic E-state index is 9.16. The summed E-state index contributed by atoms with van der Waals surface area (Å²) in [5.74, 6) is 0. The number of morpholine rings is 1. The molecule has 2 atom stereocenters. The highest BCUT2D eigenvalue weighted by atomic mass is 32.1. The normalized spacial score (nSPS) is 26.0. The Morgan fingerprint density at radius 1 is 1.79 bits per heavy atom. The molecule has 1 heterocycles. The number of nitrogens with zero attached hydrogens (tertiary/aromatic N) is 1. The Bertz CT molecular complexity index is 201. The number of aliphatic hydroxyl groups is 1. The van der Waals surface area contributed by atoms with Gasteiger partial charge in [-0.2, -0.15) is 0 Å². The molecule has 1 aliphatic rings. The quantitative estimate of drug-likeness (QED) is 0.637. The van der Waals surface area contributed by atoms with Crippen molar-refractivity contribution in [2.75, 3.05) is 26.4 Å². The molecule has 0 saturated carbocycles. The van der Waals surface area contributed by atoms with Crippen molar-refractivity contribution in [1.29, 1.82) is 0 Å². The second-order valence-corrected chi connectivity index (χ2v) is 4.19. The summed E-state index contributed by atoms with van der Waals surface area (Å²) in [5, 5.41) is 9.16. The van der Waals surface area contributed by atoms with Crippen LogP contribution >= 0.6 is 12.2 Å². The number of rotatable bonds is 4. The minimum absolute atomic E-state index is 0.0908. The van der Waals surface area contributed by atoms with Gasteiger partial charge in [0.1, 0.15) is 0 Å². The first-order valence-corrected chi connectivity index (χ1v) is 5.28. The van der Waals surface area contributed by atoms with E-state index in [2.05, 4.69) is 11.8 Å². The minimum Gasteiger partial charge on any atom is -0.395 e. The van der Waals surface area contributed by atoms with Crippen LogP contribution in [0.5, 0.6) is 0 Å². The lowest BCUT2D eigenvalue weighted by atomic mass is 10.1. The molecular weight excluding hydrogens is 200 g/mol. The number of hydrogen-bond donors (Lipinski definition) is 2. The smallest absolute Gasteiger partial charge is 0.0742 e. The van der Waals surface area contributed by atoms with Crippen LogP contribution in [0.2, 0.25) is 0 Å². The Morgan fingerprint density at radius 3 is 3.07 bits per heavy atom. The van der Waals surface area contributed by atoms with Gasteiger partial charge in [-0.25, -0.2) is 0 Å². The van der Waals surface area contributed by atoms with E-state index in [1.807, 2.05) is 0 Å². The summed E-state index contributed by atoms with van der Waals surface area (Å²) in [7, 11) is 0. The molecular formula is C9H18N2O2S. The summed E-state index contributed by atoms with van der Waals surface area (Å²) < 4.78 is 5.29. The first-order valence-electron chi connectivity index (χ1n) is 4.87. The molecule has 0 spiro atoms. The summed E-state index contributed by atoms with van der Waals surface area (Å²) >= 11 is 4.87. The molecule has 14 heavy (non-hydrogen) atoms. The second-order valence-electron chi connectivity index (χ2n) is 3.67. The van der Waals surface area contributed by atoms with Crippen LogP contribution in [0, 0.1) is 0 Å². The number of ether oxygens (including phenoxy) is 1. The number of hydrogen-bond acceptors (Lipinski definition) is 4. The van der Waals surface area contributed by atoms with Crippen molar-refractivity contribution in [3.63, 3.8) is 0 Å². The van der Waals surface area contributed by atoms with Crippen molar-refractivity contribution in [3.8, 4) is 0 Å². The number of aliphatic hydroxyl groups excluding tert-OH is 1. The molecule has 1 aliphatic heterocycles. The SMILES string of the molecule is CC(CC(N)=S)N1CCOCC1CO. The van der Waals surface area contributed by atoms with Crippen molar-refractivity contribution in [1.82, 2.24) is 4.90 Å². The van der Waals surface area contributed by atoms with Crippen LogP contribution in [0.1, 0.15) is 13.3 Å². The predicted octanol–water partition coefficient (Wildman–Crippen LogP) is -0.256. The molecule has 3 N–H and O–H groups in total. The lowest BCUT2D eigenvalue weighted by Gasteiger charge is -2.38. The summed E-state index contributed by atoms with van der Waals surface area (Å²) in [6, 6.07) is 0.377. The Hall–Kier alpha value is -0.230. The minimum atomic E-state index is 0.0908. The van der Waals surface area contributed by atoms with Gasteiger partial charge in [-0.05, 0) is 6.92 Å². The van der Waals surface area contributed by atoms with E-state index in [4.69, 9.17) is 27.8 Å². The van der Waals surface area contributed by atoms with Crippen LogP contribution in [0.4, 0.5) is 0 Å². The molecule has 4 nitrogen and oxygen atoms in total. The van der Waals surface area contributed by atoms with Crippen LogP contribution in [-0.4, -0.2) is 53.4 Å². The molecule has 2 unspecified atom stereocenters. The van der Waals surface area contributed by atoms with Gasteiger partial charge >= 0.3 is 0 Å². The Kier molecular flexibility index (Phi) is 4.74. The second kappa shape index (κ2) is 5.60. The van der Waals surface area contributed by atoms with Gasteiger partial charge in [0, 0.05) is 19.0 Å². The largest absolute Gasteiger partial charge is 0.395 e. The zero-order valence-corrected chi connectivity index (χ0v) is 9.30. The monoisotopic (exact) mass is 218 g/mol. The van der Waals surface area contributed by atoms with Crippen LogP contribution in [0.15, 0.2) is 0 Å². The lowest BCUT2D eigenvalue weighted by Crippen LogP contribution is -2.52. The van der Waals surface area contributed by atoms with Crippen molar-refractivity contribution in [2.24, 2.45) is 5.73 Å². The third-order valence-corrected chi connectivity index (χ3v) is 2.71. The van der Waals surface area contributed by atoms with E-state index in [9.17, 15) is 0 Å². The van der Waals surface area contributed by atoms with Crippen molar-refractivity contribution < 1.29 is 9.84 Å². The van der Waals surface area contributed by atoms with E-state index >= 15 is 0 Å². The molecule has 0 radical (unpaired) electrons. The van der Waals surface area contributed by atoms with Gasteiger partial charge < -0.3 is 15.6 Å². The van der Waals surface area contributed by atoms with E-state index in [0.29, 0.717) is 18.0 Å². The molecule has 0 bridgehead atoms. The van der Waals surface area contributed by atoms with Crippen molar-refractivity contribution >= 4 is 17.2 Å². The fourth-order valence-corrected chi connectivity index (χ4v) is 2.06. The van der Waals surface area contributed by atoms with E-state index < -0.39 is 0 Å². The summed E-state index contributed by atoms with van der Waals surface area (Å²) in [5.41, 5.74) is 5.50. The van der Waals surface area contributed by atoms with Gasteiger partial charge in [0.15, 0.2) is 0 Å². The highest BCUT2D eigenvalue weighted by Crippen LogP contribution is 2.13. The van der Waals surface area contributed by atoms with Crippen LogP contribution in [0.3, 0.4) is 0 Å². The highest BCUT2D eigenvalue weighted by Gasteiger charge is 2.26. The number of thiocarbonyl (C=S) groups is 1. The summed E-state index contributed by atoms with van der Waals surface area (Å²) in [6.45, 7) is 4.36. The molecule has 1 saturated heterocycles. The maximum Gasteiger partial charge on any atom is 0.0742 e. The molecule has 0 aromatic rings. The molecule has 1 rings (SSSR count). The van der Waals surface area contributed by atoms with Gasteiger partial charge in [-0.15, -0.1) is 0 Å². The number of nitrogens with two attached hydrogens (primary N) is 1. The van der Waals surface area contributed by atoms with E-state index in [-0.39, 0.29) is 18.7 Å². The lowest BCUT2D eigenvalue weighted by molar-refractivity contribution is -0.0427. The fourth-order valence-electron chi connectivity index (χ4n) is 1.81. The third kappa shape index (κ3) is 3.16. The standard InChI is InChI=1S/C9H18N2O2S/c1-7(4-9(10)14)11-2-3-13-6-8(11)5-12/h7-8,12H,2-6H2,1H3,(H2,10,14). The third-order valence-electron chi connectivity index (χ3n) is 2.55. The van der Waals surface area contributed by atoms with Gasteiger partial charge in [-0.3, -0.25) is 4.90 Å². The molecule has 5 heteroatoms. The molecule has 0 aromatic heterocycles. The zero-order valence-electron chi connectivity index (χ0n) is 8.48. The topological polar surface area (TPSA) is 58.7 Å². The Labute approximate surface area is 90.0 Å². The van der Waals surface area contributed by atoms with Gasteiger partial charge in [-0.1, -0.05) is 12.2 Å². The first-order chi connectivity index (χ1) is 6.65. The van der Waals surface area contributed by atoms with Crippen LogP contribution in [-0.2, 0) is 4.74 Å². The van der Waals surface area contributed by atoms with Crippen molar-refractivity contribution in [3.05, 3.63) is 0 Å². The highest BCUT2D eigenvalue weighted by molar-refractivity contribution is 7.80. The van der Waals surface area contributed by atoms with E-state index in [0.717, 1.165) is 13.2 Å². The Morgan fingerprint density at radius 2 is 2.50 bits per heavy atom. The Balaban J connectivity index is 2.49. The molecule has 1 fully saturated rings. The van der Waals surface area contributed by atoms with E-state index in [1.54, 1.807) is 0 Å². The zero-order chi connectivity index (χ0) is 10.6. The van der Waals surface area contributed by atoms with Crippen LogP contribution in [0.25, 0.3) is 0 Å². The molecule has 82 valence electrons. The van der Waals surface area contributed by atoms with E-state index in [1.165, 1.54) is 0 Å². The molecule has 0 aromatic carbocycles. The molecule has 0 amide bonds. The average molecular weight is 218 g/mol. The van der Waals surface area contributed by atoms with Crippen molar-refractivity contribution in [2.45, 2.75) is 25.4 Å². The fraction of sp³-hybridized carbons (Fsp3) is 0.889. The van der Waals surface area contributed by atoms with Gasteiger partial charge in [0.05, 0.1) is 30.9 Å². The summed E-state index contributed by atoms with van der Waals surface area (Å²) in [4.78, 5) is 2.74. The predicted molar refractivity (Wildman–Crippen MR) is 59.3 cm³/mol. The summed E-state index contributed by atoms with van der Waals surface area (Å²) in [6.07, 6.45) is 0.700. The van der Waals surface area contributed by atoms with Gasteiger partial charge in [0.2, 0.25) is 0 Å². The first kappa shape index (κ1) is 11.8. The average Bonchev–Trinajstić information content (AvgIpc) is 2.16. The van der Waals surface area contributed by atoms with Gasteiger partial charge in [0.25, 0.3) is 0 Å².